The molecule has 23 heavy (non-hydrogen) atoms. The van der Waals surface area contributed by atoms with E-state index in [9.17, 15) is 9.18 Å². The predicted octanol–water partition coefficient (Wildman–Crippen LogP) is 2.87. The number of rotatable bonds is 4. The molecule has 0 fully saturated rings. The van der Waals surface area contributed by atoms with Gasteiger partial charge in [-0.3, -0.25) is 9.09 Å². The Balaban J connectivity index is 1.98. The van der Waals surface area contributed by atoms with Gasteiger partial charge in [0.05, 0.1) is 12.2 Å². The molecule has 0 aliphatic heterocycles. The van der Waals surface area contributed by atoms with Gasteiger partial charge >= 0.3 is 5.76 Å². The van der Waals surface area contributed by atoms with E-state index in [2.05, 4.69) is 10.3 Å². The molecule has 0 aliphatic rings. The van der Waals surface area contributed by atoms with E-state index in [1.54, 1.807) is 19.9 Å². The Hall–Kier alpha value is -2.41. The van der Waals surface area contributed by atoms with Gasteiger partial charge in [0.25, 0.3) is 0 Å². The first-order chi connectivity index (χ1) is 11.0. The standard InChI is InChI=1S/C15H13ClFN3O3/c1-8-10(9(2)22-18-8)6-14-19-23-15(21)20(14)7-11-12(16)4-3-5-13(11)17/h3-5H,6-7H2,1-2H3. The normalized spacial score (nSPS) is 11.1. The zero-order chi connectivity index (χ0) is 16.6. The lowest BCUT2D eigenvalue weighted by Gasteiger charge is -2.07. The first-order valence-corrected chi connectivity index (χ1v) is 7.25. The van der Waals surface area contributed by atoms with Crippen molar-refractivity contribution in [1.29, 1.82) is 0 Å². The van der Waals surface area contributed by atoms with Crippen LogP contribution in [-0.2, 0) is 13.0 Å². The largest absolute Gasteiger partial charge is 0.441 e. The summed E-state index contributed by atoms with van der Waals surface area (Å²) in [5.41, 5.74) is 1.72. The topological polar surface area (TPSA) is 74.1 Å². The lowest BCUT2D eigenvalue weighted by atomic mass is 10.1. The Morgan fingerprint density at radius 2 is 2.00 bits per heavy atom. The molecule has 0 spiro atoms. The van der Waals surface area contributed by atoms with Crippen molar-refractivity contribution in [3.8, 4) is 0 Å². The van der Waals surface area contributed by atoms with Gasteiger partial charge in [-0.1, -0.05) is 28.0 Å². The average molecular weight is 338 g/mol. The highest BCUT2D eigenvalue weighted by molar-refractivity contribution is 6.31. The Bertz CT molecular complexity index is 873. The van der Waals surface area contributed by atoms with Crippen LogP contribution in [0.4, 0.5) is 4.39 Å². The quantitative estimate of drug-likeness (QED) is 0.731. The van der Waals surface area contributed by atoms with Crippen molar-refractivity contribution in [2.75, 3.05) is 0 Å². The van der Waals surface area contributed by atoms with Gasteiger partial charge < -0.3 is 4.52 Å². The minimum atomic E-state index is -0.675. The molecule has 0 atom stereocenters. The number of halogens is 2. The van der Waals surface area contributed by atoms with Gasteiger partial charge in [-0.05, 0) is 26.0 Å². The molecule has 0 bridgehead atoms. The highest BCUT2D eigenvalue weighted by atomic mass is 35.5. The molecule has 0 unspecified atom stereocenters. The monoisotopic (exact) mass is 337 g/mol. The SMILES string of the molecule is Cc1noc(C)c1Cc1noc(=O)n1Cc1c(F)cccc1Cl. The van der Waals surface area contributed by atoms with Crippen molar-refractivity contribution < 1.29 is 13.4 Å². The molecule has 6 nitrogen and oxygen atoms in total. The fourth-order valence-electron chi connectivity index (χ4n) is 2.33. The maximum atomic E-state index is 13.9. The second kappa shape index (κ2) is 6.00. The number of hydrogen-bond acceptors (Lipinski definition) is 5. The van der Waals surface area contributed by atoms with Crippen LogP contribution in [0.25, 0.3) is 0 Å². The van der Waals surface area contributed by atoms with Crippen molar-refractivity contribution in [2.45, 2.75) is 26.8 Å². The van der Waals surface area contributed by atoms with E-state index < -0.39 is 11.6 Å². The summed E-state index contributed by atoms with van der Waals surface area (Å²) in [5, 5.41) is 7.87. The molecule has 3 rings (SSSR count). The molecule has 120 valence electrons. The molecule has 3 aromatic rings. The maximum Gasteiger partial charge on any atom is 0.441 e. The van der Waals surface area contributed by atoms with Crippen molar-refractivity contribution in [3.63, 3.8) is 0 Å². The molecule has 2 heterocycles. The highest BCUT2D eigenvalue weighted by Gasteiger charge is 2.18. The van der Waals surface area contributed by atoms with Crippen LogP contribution in [0, 0.1) is 19.7 Å². The van der Waals surface area contributed by atoms with Gasteiger partial charge in [-0.15, -0.1) is 0 Å². The molecule has 0 saturated carbocycles. The number of benzene rings is 1. The molecule has 1 aromatic carbocycles. The molecule has 0 amide bonds. The molecule has 0 radical (unpaired) electrons. The van der Waals surface area contributed by atoms with E-state index in [1.807, 2.05) is 0 Å². The van der Waals surface area contributed by atoms with Crippen LogP contribution in [0.2, 0.25) is 5.02 Å². The second-order valence-corrected chi connectivity index (χ2v) is 5.54. The third-order valence-corrected chi connectivity index (χ3v) is 4.01. The van der Waals surface area contributed by atoms with Gasteiger partial charge in [0, 0.05) is 22.6 Å². The lowest BCUT2D eigenvalue weighted by Crippen LogP contribution is -2.19. The van der Waals surface area contributed by atoms with E-state index in [4.69, 9.17) is 20.6 Å². The second-order valence-electron chi connectivity index (χ2n) is 5.13. The van der Waals surface area contributed by atoms with Crippen LogP contribution in [0.5, 0.6) is 0 Å². The Kier molecular flexibility index (Phi) is 4.04. The van der Waals surface area contributed by atoms with Gasteiger partial charge in [0.1, 0.15) is 11.6 Å². The summed E-state index contributed by atoms with van der Waals surface area (Å²) in [6, 6.07) is 4.35. The predicted molar refractivity (Wildman–Crippen MR) is 80.1 cm³/mol. The van der Waals surface area contributed by atoms with E-state index in [1.165, 1.54) is 16.7 Å². The van der Waals surface area contributed by atoms with Crippen LogP contribution in [0.1, 0.15) is 28.4 Å². The Labute approximate surface area is 135 Å². The average Bonchev–Trinajstić information content (AvgIpc) is 3.01. The van der Waals surface area contributed by atoms with Crippen molar-refractivity contribution in [3.05, 3.63) is 68.0 Å². The first-order valence-electron chi connectivity index (χ1n) is 6.87. The zero-order valence-electron chi connectivity index (χ0n) is 12.5. The van der Waals surface area contributed by atoms with Gasteiger partial charge in [-0.2, -0.15) is 0 Å². The smallest absolute Gasteiger partial charge is 0.361 e. The lowest BCUT2D eigenvalue weighted by molar-refractivity contribution is 0.374. The fraction of sp³-hybridized carbons (Fsp3) is 0.267. The molecule has 8 heteroatoms. The van der Waals surface area contributed by atoms with E-state index >= 15 is 0 Å². The van der Waals surface area contributed by atoms with Crippen LogP contribution in [0.3, 0.4) is 0 Å². The van der Waals surface area contributed by atoms with E-state index in [-0.39, 0.29) is 17.1 Å². The molecule has 0 saturated heterocycles. The summed E-state index contributed by atoms with van der Waals surface area (Å²) in [7, 11) is 0. The van der Waals surface area contributed by atoms with Crippen molar-refractivity contribution in [1.82, 2.24) is 14.9 Å². The minimum Gasteiger partial charge on any atom is -0.361 e. The Morgan fingerprint density at radius 1 is 1.22 bits per heavy atom. The summed E-state index contributed by atoms with van der Waals surface area (Å²) >= 11 is 6.01. The maximum absolute atomic E-state index is 13.9. The first kappa shape index (κ1) is 15.5. The summed E-state index contributed by atoms with van der Waals surface area (Å²) in [6.45, 7) is 3.50. The molecule has 0 N–H and O–H groups in total. The van der Waals surface area contributed by atoms with Crippen LogP contribution in [0.15, 0.2) is 32.0 Å². The van der Waals surface area contributed by atoms with Crippen molar-refractivity contribution in [2.24, 2.45) is 0 Å². The third kappa shape index (κ3) is 2.92. The minimum absolute atomic E-state index is 0.0629. The molecular weight excluding hydrogens is 325 g/mol. The number of hydrogen-bond donors (Lipinski definition) is 0. The van der Waals surface area contributed by atoms with Crippen LogP contribution >= 0.6 is 11.6 Å². The summed E-state index contributed by atoms with van der Waals surface area (Å²) in [4.78, 5) is 11.9. The van der Waals surface area contributed by atoms with E-state index in [0.717, 1.165) is 5.56 Å². The summed E-state index contributed by atoms with van der Waals surface area (Å²) in [5.74, 6) is -0.183. The van der Waals surface area contributed by atoms with Gasteiger partial charge in [0.15, 0.2) is 5.82 Å². The van der Waals surface area contributed by atoms with Crippen LogP contribution in [-0.4, -0.2) is 14.9 Å². The van der Waals surface area contributed by atoms with Gasteiger partial charge in [-0.25, -0.2) is 9.18 Å². The van der Waals surface area contributed by atoms with Crippen molar-refractivity contribution >= 4 is 11.6 Å². The summed E-state index contributed by atoms with van der Waals surface area (Å²) < 4.78 is 25.0. The number of aromatic nitrogens is 3. The van der Waals surface area contributed by atoms with Crippen LogP contribution < -0.4 is 5.76 Å². The van der Waals surface area contributed by atoms with Gasteiger partial charge in [0.2, 0.25) is 0 Å². The highest BCUT2D eigenvalue weighted by Crippen LogP contribution is 2.21. The zero-order valence-corrected chi connectivity index (χ0v) is 13.2. The fourth-order valence-corrected chi connectivity index (χ4v) is 2.56. The number of aryl methyl sites for hydroxylation is 2. The number of nitrogens with zero attached hydrogens (tertiary/aromatic N) is 3. The molecule has 2 aromatic heterocycles. The van der Waals surface area contributed by atoms with E-state index in [0.29, 0.717) is 23.7 Å². The molecular formula is C15H13ClFN3O3. The third-order valence-electron chi connectivity index (χ3n) is 3.66. The Morgan fingerprint density at radius 3 is 2.65 bits per heavy atom. The molecule has 0 aliphatic carbocycles. The summed E-state index contributed by atoms with van der Waals surface area (Å²) in [6.07, 6.45) is 0.291.